The second kappa shape index (κ2) is 4.96. The number of hydrogen-bond acceptors (Lipinski definition) is 5. The molecule has 0 radical (unpaired) electrons. The number of benzene rings is 2. The number of carbonyl (C=O) groups excluding carboxylic acids is 1. The molecule has 114 valence electrons. The fourth-order valence-electron chi connectivity index (χ4n) is 2.76. The van der Waals surface area contributed by atoms with E-state index in [1.54, 1.807) is 42.5 Å². The average Bonchev–Trinajstić information content (AvgIpc) is 2.83. The van der Waals surface area contributed by atoms with E-state index in [1.165, 1.54) is 0 Å². The van der Waals surface area contributed by atoms with Crippen LogP contribution in [0.5, 0.6) is 5.75 Å². The Labute approximate surface area is 138 Å². The van der Waals surface area contributed by atoms with E-state index in [-0.39, 0.29) is 16.9 Å². The van der Waals surface area contributed by atoms with Crippen LogP contribution in [0.3, 0.4) is 0 Å². The Morgan fingerprint density at radius 2 is 1.87 bits per heavy atom. The molecule has 0 fully saturated rings. The number of rotatable bonds is 1. The van der Waals surface area contributed by atoms with Crippen LogP contribution in [0, 0.1) is 0 Å². The molecule has 1 unspecified atom stereocenters. The van der Waals surface area contributed by atoms with E-state index in [9.17, 15) is 14.7 Å². The fraction of sp³-hybridized carbons (Fsp3) is 0.0588. The molecule has 4 rings (SSSR count). The molecule has 1 aliphatic heterocycles. The zero-order chi connectivity index (χ0) is 16.1. The summed E-state index contributed by atoms with van der Waals surface area (Å²) in [5.41, 5.74) is 0.352. The highest BCUT2D eigenvalue weighted by Crippen LogP contribution is 2.41. The maximum Gasteiger partial charge on any atom is 0.347 e. The molecule has 1 aromatic heterocycles. The first-order chi connectivity index (χ1) is 11.1. The van der Waals surface area contributed by atoms with Crippen LogP contribution in [0.25, 0.3) is 11.0 Å². The summed E-state index contributed by atoms with van der Waals surface area (Å²) < 4.78 is 11.3. The first-order valence-corrected chi connectivity index (χ1v) is 7.60. The van der Waals surface area contributed by atoms with Gasteiger partial charge in [0.05, 0.1) is 10.9 Å². The van der Waals surface area contributed by atoms with Crippen LogP contribution in [0.4, 0.5) is 0 Å². The zero-order valence-electron chi connectivity index (χ0n) is 11.6. The summed E-state index contributed by atoms with van der Waals surface area (Å²) in [6.07, 6.45) is -0.990. The average molecular weight is 373 g/mol. The Morgan fingerprint density at radius 3 is 2.70 bits per heavy atom. The topological polar surface area (TPSA) is 76.7 Å². The van der Waals surface area contributed by atoms with Crippen LogP contribution in [-0.2, 0) is 4.74 Å². The molecule has 23 heavy (non-hydrogen) atoms. The van der Waals surface area contributed by atoms with Gasteiger partial charge in [0, 0.05) is 10.0 Å². The van der Waals surface area contributed by atoms with Crippen LogP contribution >= 0.6 is 15.9 Å². The largest absolute Gasteiger partial charge is 0.506 e. The van der Waals surface area contributed by atoms with Gasteiger partial charge >= 0.3 is 11.6 Å². The van der Waals surface area contributed by atoms with E-state index in [2.05, 4.69) is 15.9 Å². The molecule has 1 N–H and O–H groups in total. The lowest BCUT2D eigenvalue weighted by atomic mass is 9.99. The van der Waals surface area contributed by atoms with Gasteiger partial charge < -0.3 is 14.3 Å². The van der Waals surface area contributed by atoms with Gasteiger partial charge in [-0.2, -0.15) is 0 Å². The number of cyclic esters (lactones) is 1. The number of ether oxygens (including phenoxy) is 1. The Bertz CT molecular complexity index is 1020. The number of halogens is 1. The lowest BCUT2D eigenvalue weighted by Crippen LogP contribution is -2.14. The van der Waals surface area contributed by atoms with E-state index >= 15 is 0 Å². The number of aromatic hydroxyl groups is 1. The van der Waals surface area contributed by atoms with Gasteiger partial charge in [-0.3, -0.25) is 0 Å². The van der Waals surface area contributed by atoms with E-state index in [0.717, 1.165) is 4.47 Å². The molecular weight excluding hydrogens is 364 g/mol. The number of carbonyl (C=O) groups is 1. The summed E-state index contributed by atoms with van der Waals surface area (Å²) in [4.78, 5) is 24.3. The highest BCUT2D eigenvalue weighted by Gasteiger charge is 2.36. The molecule has 5 nitrogen and oxygen atoms in total. The van der Waals surface area contributed by atoms with Gasteiger partial charge in [0.2, 0.25) is 0 Å². The number of fused-ring (bicyclic) bond motifs is 2. The molecule has 0 spiro atoms. The number of esters is 1. The summed E-state index contributed by atoms with van der Waals surface area (Å²) in [5, 5.41) is 10.9. The third-order valence-corrected chi connectivity index (χ3v) is 4.32. The van der Waals surface area contributed by atoms with Crippen LogP contribution in [0.1, 0.15) is 27.6 Å². The van der Waals surface area contributed by atoms with Crippen LogP contribution in [0.2, 0.25) is 0 Å². The predicted octanol–water partition coefficient (Wildman–Crippen LogP) is 3.52. The Hall–Kier alpha value is -2.60. The minimum atomic E-state index is -0.990. The molecule has 0 saturated heterocycles. The predicted molar refractivity (Wildman–Crippen MR) is 85.5 cm³/mol. The second-order valence-electron chi connectivity index (χ2n) is 5.16. The molecule has 6 heteroatoms. The monoisotopic (exact) mass is 372 g/mol. The van der Waals surface area contributed by atoms with Crippen molar-refractivity contribution >= 4 is 32.9 Å². The summed E-state index contributed by atoms with van der Waals surface area (Å²) in [7, 11) is 0. The van der Waals surface area contributed by atoms with Crippen molar-refractivity contribution < 1.29 is 19.1 Å². The van der Waals surface area contributed by atoms with Gasteiger partial charge in [0.15, 0.2) is 6.10 Å². The van der Waals surface area contributed by atoms with Gasteiger partial charge in [0.25, 0.3) is 0 Å². The second-order valence-corrected chi connectivity index (χ2v) is 6.08. The summed E-state index contributed by atoms with van der Waals surface area (Å²) >= 11 is 3.33. The van der Waals surface area contributed by atoms with Gasteiger partial charge in [-0.05, 0) is 30.3 Å². The van der Waals surface area contributed by atoms with Gasteiger partial charge in [-0.25, -0.2) is 9.59 Å². The lowest BCUT2D eigenvalue weighted by molar-refractivity contribution is 0.0448. The number of para-hydroxylation sites is 1. The van der Waals surface area contributed by atoms with Crippen molar-refractivity contribution in [2.75, 3.05) is 0 Å². The van der Waals surface area contributed by atoms with E-state index in [1.807, 2.05) is 0 Å². The van der Waals surface area contributed by atoms with Gasteiger partial charge in [-0.1, -0.05) is 28.1 Å². The SMILES string of the molecule is O=C1OC(c2c(O)c3ccccc3oc2=O)c2cc(Br)ccc21. The Balaban J connectivity index is 2.00. The van der Waals surface area contributed by atoms with Crippen molar-refractivity contribution in [2.45, 2.75) is 6.10 Å². The molecule has 0 aliphatic carbocycles. The normalized spacial score (nSPS) is 16.4. The Kier molecular flexibility index (Phi) is 3.02. The van der Waals surface area contributed by atoms with Crippen molar-refractivity contribution in [3.63, 3.8) is 0 Å². The van der Waals surface area contributed by atoms with E-state index in [0.29, 0.717) is 16.5 Å². The highest BCUT2D eigenvalue weighted by atomic mass is 79.9. The fourth-order valence-corrected chi connectivity index (χ4v) is 3.14. The molecular formula is C17H9BrO5. The minimum absolute atomic E-state index is 0.0751. The van der Waals surface area contributed by atoms with Crippen molar-refractivity contribution in [2.24, 2.45) is 0 Å². The van der Waals surface area contributed by atoms with Crippen molar-refractivity contribution in [1.82, 2.24) is 0 Å². The Morgan fingerprint density at radius 1 is 1.09 bits per heavy atom. The first-order valence-electron chi connectivity index (χ1n) is 6.81. The van der Waals surface area contributed by atoms with Gasteiger partial charge in [-0.15, -0.1) is 0 Å². The quantitative estimate of drug-likeness (QED) is 0.522. The molecule has 0 amide bonds. The van der Waals surface area contributed by atoms with E-state index < -0.39 is 17.7 Å². The van der Waals surface area contributed by atoms with Crippen molar-refractivity contribution in [1.29, 1.82) is 0 Å². The van der Waals surface area contributed by atoms with Crippen LogP contribution in [0.15, 0.2) is 56.1 Å². The molecule has 0 saturated carbocycles. The molecule has 2 aromatic carbocycles. The third kappa shape index (κ3) is 2.06. The summed E-state index contributed by atoms with van der Waals surface area (Å²) in [5.74, 6) is -0.771. The van der Waals surface area contributed by atoms with E-state index in [4.69, 9.17) is 9.15 Å². The first kappa shape index (κ1) is 14.0. The smallest absolute Gasteiger partial charge is 0.347 e. The summed E-state index contributed by atoms with van der Waals surface area (Å²) in [6, 6.07) is 11.7. The van der Waals surface area contributed by atoms with Crippen LogP contribution in [-0.4, -0.2) is 11.1 Å². The molecule has 0 bridgehead atoms. The molecule has 3 aromatic rings. The molecule has 2 heterocycles. The van der Waals surface area contributed by atoms with Crippen molar-refractivity contribution in [3.05, 3.63) is 74.0 Å². The van der Waals surface area contributed by atoms with Crippen LogP contribution < -0.4 is 5.63 Å². The molecule has 1 aliphatic rings. The number of hydrogen-bond donors (Lipinski definition) is 1. The lowest BCUT2D eigenvalue weighted by Gasteiger charge is -2.12. The summed E-state index contributed by atoms with van der Waals surface area (Å²) in [6.45, 7) is 0. The third-order valence-electron chi connectivity index (χ3n) is 3.82. The highest BCUT2D eigenvalue weighted by molar-refractivity contribution is 9.10. The van der Waals surface area contributed by atoms with Crippen molar-refractivity contribution in [3.8, 4) is 5.75 Å². The maximum absolute atomic E-state index is 12.3. The standard InChI is InChI=1S/C17H9BrO5/c18-8-5-6-9-11(7-8)15(23-16(9)20)13-14(19)10-3-1-2-4-12(10)22-17(13)21/h1-7,15,19H. The maximum atomic E-state index is 12.3. The van der Waals surface area contributed by atoms with Gasteiger partial charge in [0.1, 0.15) is 16.9 Å². The zero-order valence-corrected chi connectivity index (χ0v) is 13.2. The minimum Gasteiger partial charge on any atom is -0.506 e. The molecule has 1 atom stereocenters.